The van der Waals surface area contributed by atoms with Crippen LogP contribution >= 0.6 is 0 Å². The summed E-state index contributed by atoms with van der Waals surface area (Å²) >= 11 is 0. The summed E-state index contributed by atoms with van der Waals surface area (Å²) in [7, 11) is 0. The number of nitrogens with one attached hydrogen (secondary N) is 2. The second-order valence-electron chi connectivity index (χ2n) is 6.75. The number of nitrogens with two attached hydrogens (primary N) is 1. The van der Waals surface area contributed by atoms with Gasteiger partial charge in [-0.3, -0.25) is 9.59 Å². The molecule has 4 N–H and O–H groups in total. The van der Waals surface area contributed by atoms with Crippen LogP contribution in [0.1, 0.15) is 26.3 Å². The summed E-state index contributed by atoms with van der Waals surface area (Å²) in [5.74, 6) is -0.202. The van der Waals surface area contributed by atoms with Gasteiger partial charge in [0.05, 0.1) is 6.42 Å². The van der Waals surface area contributed by atoms with Crippen LogP contribution in [0, 0.1) is 5.41 Å². The highest BCUT2D eigenvalue weighted by molar-refractivity contribution is 5.96. The minimum atomic E-state index is -0.478. The number of carbonyl (C=O) groups excluding carboxylic acids is 2. The zero-order valence-corrected chi connectivity index (χ0v) is 14.2. The third-order valence-electron chi connectivity index (χ3n) is 3.43. The van der Waals surface area contributed by atoms with E-state index < -0.39 is 5.41 Å². The van der Waals surface area contributed by atoms with Gasteiger partial charge in [-0.2, -0.15) is 0 Å². The lowest BCUT2D eigenvalue weighted by atomic mass is 9.95. The minimum absolute atomic E-state index is 0.0761. The van der Waals surface area contributed by atoms with Crippen molar-refractivity contribution in [1.82, 2.24) is 0 Å². The number of benzene rings is 2. The molecule has 0 aliphatic rings. The summed E-state index contributed by atoms with van der Waals surface area (Å²) in [6, 6.07) is 14.3. The highest BCUT2D eigenvalue weighted by Gasteiger charge is 2.21. The number of amides is 2. The number of rotatable bonds is 4. The predicted octanol–water partition coefficient (Wildman–Crippen LogP) is 3.43. The second-order valence-corrected chi connectivity index (χ2v) is 6.75. The molecule has 0 aromatic heterocycles. The lowest BCUT2D eigenvalue weighted by molar-refractivity contribution is -0.123. The molecule has 0 bridgehead atoms. The molecule has 0 spiro atoms. The molecule has 0 aliphatic carbocycles. The standard InChI is InChI=1S/C19H23N3O2/c1-19(2,3)18(24)22-16-6-4-5-15(12-16)21-17(23)11-13-7-9-14(20)10-8-13/h4-10,12H,11,20H2,1-3H3,(H,21,23)(H,22,24). The topological polar surface area (TPSA) is 84.2 Å². The molecule has 0 atom stereocenters. The summed E-state index contributed by atoms with van der Waals surface area (Å²) in [5.41, 5.74) is 8.00. The number of nitrogen functional groups attached to an aromatic ring is 1. The maximum atomic E-state index is 12.1. The summed E-state index contributed by atoms with van der Waals surface area (Å²) in [4.78, 5) is 24.2. The lowest BCUT2D eigenvalue weighted by Gasteiger charge is -2.18. The zero-order chi connectivity index (χ0) is 17.7. The molecule has 5 nitrogen and oxygen atoms in total. The van der Waals surface area contributed by atoms with Crippen molar-refractivity contribution in [2.45, 2.75) is 27.2 Å². The summed E-state index contributed by atoms with van der Waals surface area (Å²) in [6.07, 6.45) is 0.263. The van der Waals surface area contributed by atoms with Crippen molar-refractivity contribution in [1.29, 1.82) is 0 Å². The largest absolute Gasteiger partial charge is 0.399 e. The van der Waals surface area contributed by atoms with Gasteiger partial charge in [0.15, 0.2) is 0 Å². The fourth-order valence-electron chi connectivity index (χ4n) is 2.02. The maximum Gasteiger partial charge on any atom is 0.229 e. The molecule has 2 rings (SSSR count). The Hall–Kier alpha value is -2.82. The van der Waals surface area contributed by atoms with E-state index >= 15 is 0 Å². The molecule has 0 unspecified atom stereocenters. The molecule has 0 heterocycles. The Morgan fingerprint density at radius 3 is 2.12 bits per heavy atom. The van der Waals surface area contributed by atoms with Crippen LogP contribution in [0.4, 0.5) is 17.1 Å². The Labute approximate surface area is 142 Å². The summed E-state index contributed by atoms with van der Waals surface area (Å²) in [5, 5.41) is 5.68. The van der Waals surface area contributed by atoms with Crippen molar-refractivity contribution >= 4 is 28.9 Å². The smallest absolute Gasteiger partial charge is 0.229 e. The molecule has 126 valence electrons. The van der Waals surface area contributed by atoms with Crippen molar-refractivity contribution in [2.75, 3.05) is 16.4 Å². The summed E-state index contributed by atoms with van der Waals surface area (Å²) in [6.45, 7) is 5.54. The van der Waals surface area contributed by atoms with Gasteiger partial charge in [-0.25, -0.2) is 0 Å². The molecule has 0 saturated carbocycles. The third-order valence-corrected chi connectivity index (χ3v) is 3.43. The van der Waals surface area contributed by atoms with E-state index in [4.69, 9.17) is 5.73 Å². The number of carbonyl (C=O) groups is 2. The number of anilines is 3. The van der Waals surface area contributed by atoms with E-state index in [2.05, 4.69) is 10.6 Å². The first-order valence-corrected chi connectivity index (χ1v) is 7.80. The van der Waals surface area contributed by atoms with E-state index in [-0.39, 0.29) is 18.2 Å². The Kier molecular flexibility index (Phi) is 5.24. The third kappa shape index (κ3) is 5.12. The van der Waals surface area contributed by atoms with Crippen molar-refractivity contribution < 1.29 is 9.59 Å². The lowest BCUT2D eigenvalue weighted by Crippen LogP contribution is -2.27. The predicted molar refractivity (Wildman–Crippen MR) is 97.7 cm³/mol. The zero-order valence-electron chi connectivity index (χ0n) is 14.2. The van der Waals surface area contributed by atoms with Crippen LogP contribution in [0.5, 0.6) is 0 Å². The van der Waals surface area contributed by atoms with Gasteiger partial charge in [-0.15, -0.1) is 0 Å². The average molecular weight is 325 g/mol. The summed E-state index contributed by atoms with van der Waals surface area (Å²) < 4.78 is 0. The highest BCUT2D eigenvalue weighted by atomic mass is 16.2. The average Bonchev–Trinajstić information content (AvgIpc) is 2.49. The fraction of sp³-hybridized carbons (Fsp3) is 0.263. The monoisotopic (exact) mass is 325 g/mol. The first-order valence-electron chi connectivity index (χ1n) is 7.80. The van der Waals surface area contributed by atoms with Crippen LogP contribution in [0.15, 0.2) is 48.5 Å². The highest BCUT2D eigenvalue weighted by Crippen LogP contribution is 2.20. The molecule has 0 fully saturated rings. The molecule has 24 heavy (non-hydrogen) atoms. The fourth-order valence-corrected chi connectivity index (χ4v) is 2.02. The van der Waals surface area contributed by atoms with E-state index in [1.54, 1.807) is 36.4 Å². The van der Waals surface area contributed by atoms with Crippen LogP contribution < -0.4 is 16.4 Å². The Morgan fingerprint density at radius 1 is 0.958 bits per heavy atom. The van der Waals surface area contributed by atoms with E-state index in [1.165, 1.54) is 0 Å². The number of hydrogen-bond donors (Lipinski definition) is 3. The van der Waals surface area contributed by atoms with Crippen molar-refractivity contribution in [3.63, 3.8) is 0 Å². The van der Waals surface area contributed by atoms with Gasteiger partial charge >= 0.3 is 0 Å². The molecule has 2 aromatic carbocycles. The van der Waals surface area contributed by atoms with Gasteiger partial charge in [0.25, 0.3) is 0 Å². The van der Waals surface area contributed by atoms with Crippen LogP contribution in [-0.4, -0.2) is 11.8 Å². The van der Waals surface area contributed by atoms with Crippen molar-refractivity contribution in [3.05, 3.63) is 54.1 Å². The molecule has 5 heteroatoms. The van der Waals surface area contributed by atoms with Crippen LogP contribution in [0.25, 0.3) is 0 Å². The molecule has 0 radical (unpaired) electrons. The van der Waals surface area contributed by atoms with E-state index in [0.29, 0.717) is 17.1 Å². The minimum Gasteiger partial charge on any atom is -0.399 e. The first-order chi connectivity index (χ1) is 11.2. The SMILES string of the molecule is CC(C)(C)C(=O)Nc1cccc(NC(=O)Cc2ccc(N)cc2)c1. The molecule has 0 aliphatic heterocycles. The van der Waals surface area contributed by atoms with Gasteiger partial charge in [0.1, 0.15) is 0 Å². The van der Waals surface area contributed by atoms with Gasteiger partial charge in [0.2, 0.25) is 11.8 Å². The maximum absolute atomic E-state index is 12.1. The Morgan fingerprint density at radius 2 is 1.54 bits per heavy atom. The molecule has 2 aromatic rings. The van der Waals surface area contributed by atoms with Crippen LogP contribution in [0.2, 0.25) is 0 Å². The van der Waals surface area contributed by atoms with Gasteiger partial charge in [-0.1, -0.05) is 39.0 Å². The Bertz CT molecular complexity index is 731. The van der Waals surface area contributed by atoms with Crippen molar-refractivity contribution in [3.8, 4) is 0 Å². The van der Waals surface area contributed by atoms with Crippen LogP contribution in [0.3, 0.4) is 0 Å². The normalized spacial score (nSPS) is 11.0. The van der Waals surface area contributed by atoms with Crippen LogP contribution in [-0.2, 0) is 16.0 Å². The number of hydrogen-bond acceptors (Lipinski definition) is 3. The van der Waals surface area contributed by atoms with E-state index in [9.17, 15) is 9.59 Å². The van der Waals surface area contributed by atoms with E-state index in [1.807, 2.05) is 32.9 Å². The molecule has 0 saturated heterocycles. The quantitative estimate of drug-likeness (QED) is 0.753. The molecular weight excluding hydrogens is 302 g/mol. The van der Waals surface area contributed by atoms with Gasteiger partial charge < -0.3 is 16.4 Å². The van der Waals surface area contributed by atoms with Crippen molar-refractivity contribution in [2.24, 2.45) is 5.41 Å². The van der Waals surface area contributed by atoms with Gasteiger partial charge in [-0.05, 0) is 35.9 Å². The molecule has 2 amide bonds. The second kappa shape index (κ2) is 7.17. The van der Waals surface area contributed by atoms with E-state index in [0.717, 1.165) is 5.56 Å². The first kappa shape index (κ1) is 17.5. The van der Waals surface area contributed by atoms with Gasteiger partial charge in [0, 0.05) is 22.5 Å². The Balaban J connectivity index is 1.99. The molecular formula is C19H23N3O2.